The van der Waals surface area contributed by atoms with Gasteiger partial charge in [-0.25, -0.2) is 4.79 Å². The Bertz CT molecular complexity index is 508. The molecule has 1 atom stereocenters. The van der Waals surface area contributed by atoms with Gasteiger partial charge in [-0.05, 0) is 43.5 Å². The molecule has 1 aliphatic rings. The number of piperidine rings is 1. The monoisotopic (exact) mass is 275 g/mol. The van der Waals surface area contributed by atoms with Crippen molar-refractivity contribution in [3.05, 3.63) is 41.5 Å². The molecule has 0 amide bonds. The molecule has 2 rings (SSSR count). The molecule has 1 aromatic carbocycles. The molecule has 20 heavy (non-hydrogen) atoms. The first-order chi connectivity index (χ1) is 9.46. The number of hydrogen-bond acceptors (Lipinski definition) is 3. The fourth-order valence-corrected chi connectivity index (χ4v) is 2.70. The van der Waals surface area contributed by atoms with Crippen molar-refractivity contribution in [1.82, 2.24) is 4.90 Å². The van der Waals surface area contributed by atoms with E-state index < -0.39 is 11.6 Å². The van der Waals surface area contributed by atoms with Gasteiger partial charge in [-0.2, -0.15) is 0 Å². The standard InChI is InChI=1S/C16H21NO3/c1-16(20)9-4-10-17(12-16)11-14-6-3-2-5-13(14)7-8-15(18)19/h2-3,5-8,20H,4,9-12H2,1H3,(H,18,19)/b8-7+. The highest BCUT2D eigenvalue weighted by Crippen LogP contribution is 2.23. The molecule has 0 aliphatic carbocycles. The predicted molar refractivity (Wildman–Crippen MR) is 78.2 cm³/mol. The molecule has 1 unspecified atom stereocenters. The fourth-order valence-electron chi connectivity index (χ4n) is 2.70. The summed E-state index contributed by atoms with van der Waals surface area (Å²) in [5.41, 5.74) is 1.38. The number of hydrogen-bond donors (Lipinski definition) is 2. The van der Waals surface area contributed by atoms with Gasteiger partial charge in [0, 0.05) is 19.2 Å². The maximum absolute atomic E-state index is 10.6. The average molecular weight is 275 g/mol. The first kappa shape index (κ1) is 14.8. The van der Waals surface area contributed by atoms with Crippen LogP contribution in [0.4, 0.5) is 0 Å². The molecular weight excluding hydrogens is 254 g/mol. The molecule has 1 aromatic rings. The number of benzene rings is 1. The van der Waals surface area contributed by atoms with Crippen LogP contribution in [-0.2, 0) is 11.3 Å². The van der Waals surface area contributed by atoms with Crippen LogP contribution in [0.2, 0.25) is 0 Å². The topological polar surface area (TPSA) is 60.8 Å². The molecule has 4 heteroatoms. The van der Waals surface area contributed by atoms with Crippen LogP contribution in [-0.4, -0.2) is 39.8 Å². The van der Waals surface area contributed by atoms with Gasteiger partial charge in [0.25, 0.3) is 0 Å². The summed E-state index contributed by atoms with van der Waals surface area (Å²) in [5.74, 6) is -0.944. The van der Waals surface area contributed by atoms with E-state index in [0.717, 1.165) is 43.1 Å². The van der Waals surface area contributed by atoms with Crippen LogP contribution < -0.4 is 0 Å². The fraction of sp³-hybridized carbons (Fsp3) is 0.438. The molecular formula is C16H21NO3. The Morgan fingerprint density at radius 1 is 1.45 bits per heavy atom. The van der Waals surface area contributed by atoms with Crippen LogP contribution in [0.1, 0.15) is 30.9 Å². The number of aliphatic carboxylic acids is 1. The van der Waals surface area contributed by atoms with Crippen molar-refractivity contribution in [2.75, 3.05) is 13.1 Å². The maximum atomic E-state index is 10.6. The highest BCUT2D eigenvalue weighted by atomic mass is 16.4. The Labute approximate surface area is 119 Å². The van der Waals surface area contributed by atoms with Crippen molar-refractivity contribution in [3.63, 3.8) is 0 Å². The van der Waals surface area contributed by atoms with E-state index in [0.29, 0.717) is 6.54 Å². The smallest absolute Gasteiger partial charge is 0.328 e. The Balaban J connectivity index is 2.11. The summed E-state index contributed by atoms with van der Waals surface area (Å²) < 4.78 is 0. The van der Waals surface area contributed by atoms with E-state index in [4.69, 9.17) is 5.11 Å². The van der Waals surface area contributed by atoms with Crippen LogP contribution >= 0.6 is 0 Å². The van der Waals surface area contributed by atoms with Gasteiger partial charge in [0.1, 0.15) is 0 Å². The maximum Gasteiger partial charge on any atom is 0.328 e. The summed E-state index contributed by atoms with van der Waals surface area (Å²) in [6, 6.07) is 7.77. The molecule has 0 radical (unpaired) electrons. The highest BCUT2D eigenvalue weighted by molar-refractivity contribution is 5.85. The molecule has 108 valence electrons. The lowest BCUT2D eigenvalue weighted by Crippen LogP contribution is -2.45. The zero-order valence-corrected chi connectivity index (χ0v) is 11.7. The molecule has 1 aliphatic heterocycles. The normalized spacial score (nSPS) is 24.1. The molecule has 1 fully saturated rings. The van der Waals surface area contributed by atoms with Gasteiger partial charge in [-0.1, -0.05) is 24.3 Å². The predicted octanol–water partition coefficient (Wildman–Crippen LogP) is 2.13. The molecule has 1 saturated heterocycles. The van der Waals surface area contributed by atoms with E-state index >= 15 is 0 Å². The number of β-amino-alcohol motifs (C(OH)–C–C–N with tert-alkyl or cyclic N) is 1. The molecule has 2 N–H and O–H groups in total. The lowest BCUT2D eigenvalue weighted by Gasteiger charge is -2.37. The first-order valence-electron chi connectivity index (χ1n) is 6.90. The van der Waals surface area contributed by atoms with E-state index in [-0.39, 0.29) is 0 Å². The number of likely N-dealkylation sites (tertiary alicyclic amines) is 1. The second-order valence-corrected chi connectivity index (χ2v) is 5.68. The van der Waals surface area contributed by atoms with E-state index in [9.17, 15) is 9.90 Å². The van der Waals surface area contributed by atoms with Gasteiger partial charge < -0.3 is 10.2 Å². The molecule has 4 nitrogen and oxygen atoms in total. The molecule has 0 saturated carbocycles. The summed E-state index contributed by atoms with van der Waals surface area (Å²) in [4.78, 5) is 12.8. The van der Waals surface area contributed by atoms with Crippen molar-refractivity contribution < 1.29 is 15.0 Å². The largest absolute Gasteiger partial charge is 0.478 e. The Hall–Kier alpha value is -1.65. The molecule has 0 bridgehead atoms. The third kappa shape index (κ3) is 4.18. The third-order valence-electron chi connectivity index (χ3n) is 3.61. The third-order valence-corrected chi connectivity index (χ3v) is 3.61. The second-order valence-electron chi connectivity index (χ2n) is 5.68. The van der Waals surface area contributed by atoms with E-state index in [1.807, 2.05) is 31.2 Å². The van der Waals surface area contributed by atoms with E-state index in [1.54, 1.807) is 6.08 Å². The van der Waals surface area contributed by atoms with E-state index in [2.05, 4.69) is 4.90 Å². The summed E-state index contributed by atoms with van der Waals surface area (Å²) in [7, 11) is 0. The number of carbonyl (C=O) groups is 1. The minimum atomic E-state index is -0.944. The van der Waals surface area contributed by atoms with Crippen LogP contribution in [0.25, 0.3) is 6.08 Å². The van der Waals surface area contributed by atoms with Crippen LogP contribution in [0.5, 0.6) is 0 Å². The van der Waals surface area contributed by atoms with Crippen LogP contribution in [0.15, 0.2) is 30.3 Å². The van der Waals surface area contributed by atoms with Gasteiger partial charge in [-0.3, -0.25) is 4.90 Å². The summed E-state index contributed by atoms with van der Waals surface area (Å²) in [5, 5.41) is 18.9. The van der Waals surface area contributed by atoms with E-state index in [1.165, 1.54) is 0 Å². The summed E-state index contributed by atoms with van der Waals surface area (Å²) >= 11 is 0. The number of carboxylic acids is 1. The lowest BCUT2D eigenvalue weighted by atomic mass is 9.94. The van der Waals surface area contributed by atoms with Gasteiger partial charge >= 0.3 is 5.97 Å². The quantitative estimate of drug-likeness (QED) is 0.826. The van der Waals surface area contributed by atoms with Gasteiger partial charge in [0.2, 0.25) is 0 Å². The second kappa shape index (κ2) is 6.20. The van der Waals surface area contributed by atoms with Crippen molar-refractivity contribution in [1.29, 1.82) is 0 Å². The van der Waals surface area contributed by atoms with Crippen LogP contribution in [0, 0.1) is 0 Å². The van der Waals surface area contributed by atoms with Crippen molar-refractivity contribution in [2.45, 2.75) is 31.9 Å². The number of rotatable bonds is 4. The first-order valence-corrected chi connectivity index (χ1v) is 6.90. The Morgan fingerprint density at radius 2 is 2.20 bits per heavy atom. The molecule has 1 heterocycles. The van der Waals surface area contributed by atoms with Gasteiger partial charge in [-0.15, -0.1) is 0 Å². The zero-order chi connectivity index (χ0) is 14.6. The number of nitrogens with zero attached hydrogens (tertiary/aromatic N) is 1. The minimum Gasteiger partial charge on any atom is -0.478 e. The number of aliphatic hydroxyl groups is 1. The molecule has 0 aromatic heterocycles. The molecule has 0 spiro atoms. The van der Waals surface area contributed by atoms with Gasteiger partial charge in [0.15, 0.2) is 0 Å². The van der Waals surface area contributed by atoms with Crippen molar-refractivity contribution >= 4 is 12.0 Å². The van der Waals surface area contributed by atoms with Crippen molar-refractivity contribution in [2.24, 2.45) is 0 Å². The average Bonchev–Trinajstić information content (AvgIpc) is 2.36. The van der Waals surface area contributed by atoms with Gasteiger partial charge in [0.05, 0.1) is 5.60 Å². The Morgan fingerprint density at radius 3 is 2.90 bits per heavy atom. The number of carboxylic acid groups (broad SMARTS) is 1. The lowest BCUT2D eigenvalue weighted by molar-refractivity contribution is -0.131. The van der Waals surface area contributed by atoms with Crippen LogP contribution in [0.3, 0.4) is 0 Å². The Kier molecular flexibility index (Phi) is 4.57. The summed E-state index contributed by atoms with van der Waals surface area (Å²) in [6.45, 7) is 4.22. The highest BCUT2D eigenvalue weighted by Gasteiger charge is 2.28. The summed E-state index contributed by atoms with van der Waals surface area (Å²) in [6.07, 6.45) is 4.61. The minimum absolute atomic E-state index is 0.621. The SMILES string of the molecule is CC1(O)CCCN(Cc2ccccc2/C=C/C(=O)O)C1. The zero-order valence-electron chi connectivity index (χ0n) is 11.7. The van der Waals surface area contributed by atoms with Crippen molar-refractivity contribution in [3.8, 4) is 0 Å².